The molecule has 102 valence electrons. The summed E-state index contributed by atoms with van der Waals surface area (Å²) in [5, 5.41) is 5.02. The van der Waals surface area contributed by atoms with E-state index in [4.69, 9.17) is 0 Å². The van der Waals surface area contributed by atoms with Gasteiger partial charge >= 0.3 is 0 Å². The molecule has 0 unspecified atom stereocenters. The van der Waals surface area contributed by atoms with E-state index in [0.29, 0.717) is 6.54 Å². The fraction of sp³-hybridized carbons (Fsp3) is 0.500. The fourth-order valence-electron chi connectivity index (χ4n) is 1.36. The average molecular weight is 379 g/mol. The van der Waals surface area contributed by atoms with Gasteiger partial charge in [0.1, 0.15) is 0 Å². The smallest absolute Gasteiger partial charge is 0.251 e. The highest BCUT2D eigenvalue weighted by Gasteiger charge is 2.16. The van der Waals surface area contributed by atoms with Crippen molar-refractivity contribution in [3.63, 3.8) is 0 Å². The Hall–Kier alpha value is -0.350. The Labute approximate surface area is 127 Å². The molecule has 1 heterocycles. The summed E-state index contributed by atoms with van der Waals surface area (Å²) in [5.74, 6) is 0.0515. The summed E-state index contributed by atoms with van der Waals surface area (Å²) < 4.78 is 0. The zero-order valence-corrected chi connectivity index (χ0v) is 14.2. The van der Waals surface area contributed by atoms with Crippen molar-refractivity contribution in [2.45, 2.75) is 33.2 Å². The molecule has 1 amide bonds. The molecule has 0 bridgehead atoms. The number of amides is 1. The first-order valence-electron chi connectivity index (χ1n) is 6.27. The molecule has 0 aromatic heterocycles. The van der Waals surface area contributed by atoms with Crippen LogP contribution in [0.3, 0.4) is 0 Å². The molecule has 0 saturated carbocycles. The third kappa shape index (κ3) is 6.55. The first-order chi connectivity index (χ1) is 8.79. The van der Waals surface area contributed by atoms with Gasteiger partial charge in [-0.15, -0.1) is 0 Å². The Kier molecular flexibility index (Phi) is 11.5. The molecule has 1 aliphatic rings. The molecule has 4 heteroatoms. The second kappa shape index (κ2) is 11.7. The van der Waals surface area contributed by atoms with Crippen molar-refractivity contribution in [3.05, 3.63) is 35.4 Å². The molecule has 0 aliphatic carbocycles. The van der Waals surface area contributed by atoms with Gasteiger partial charge in [0.25, 0.3) is 5.91 Å². The minimum Gasteiger partial charge on any atom is -0.348 e. The minimum absolute atomic E-state index is 0.0515. The van der Waals surface area contributed by atoms with Gasteiger partial charge < -0.3 is 5.32 Å². The van der Waals surface area contributed by atoms with Gasteiger partial charge in [-0.3, -0.25) is 4.79 Å². The van der Waals surface area contributed by atoms with Crippen molar-refractivity contribution in [2.24, 2.45) is 0 Å². The fourth-order valence-corrected chi connectivity index (χ4v) is 2.15. The van der Waals surface area contributed by atoms with E-state index < -0.39 is 0 Å². The number of benzene rings is 1. The molecule has 0 fully saturated rings. The SMILES string of the molecule is BrCCCCBr.CC.O=C1NCc2ccccc21. The Balaban J connectivity index is 0.000000315. The number of carbonyl (C=O) groups excluding carboxylic acids is 1. The lowest BCUT2D eigenvalue weighted by Crippen LogP contribution is -2.12. The quantitative estimate of drug-likeness (QED) is 0.608. The molecule has 2 nitrogen and oxygen atoms in total. The molecule has 1 N–H and O–H groups in total. The number of hydrogen-bond acceptors (Lipinski definition) is 1. The molecule has 0 spiro atoms. The zero-order chi connectivity index (χ0) is 13.8. The topological polar surface area (TPSA) is 29.1 Å². The molecule has 18 heavy (non-hydrogen) atoms. The number of hydrogen-bond donors (Lipinski definition) is 1. The average Bonchev–Trinajstić information content (AvgIpc) is 2.82. The van der Waals surface area contributed by atoms with Crippen molar-refractivity contribution >= 4 is 37.8 Å². The van der Waals surface area contributed by atoms with Crippen molar-refractivity contribution in [2.75, 3.05) is 10.7 Å². The number of carbonyl (C=O) groups is 1. The first-order valence-corrected chi connectivity index (χ1v) is 8.52. The molecule has 0 radical (unpaired) electrons. The Morgan fingerprint density at radius 3 is 2.17 bits per heavy atom. The summed E-state index contributed by atoms with van der Waals surface area (Å²) >= 11 is 6.66. The van der Waals surface area contributed by atoms with Gasteiger partial charge in [-0.05, 0) is 24.5 Å². The van der Waals surface area contributed by atoms with Crippen LogP contribution >= 0.6 is 31.9 Å². The molecule has 0 atom stereocenters. The number of rotatable bonds is 3. The van der Waals surface area contributed by atoms with E-state index in [1.165, 1.54) is 12.8 Å². The lowest BCUT2D eigenvalue weighted by Gasteiger charge is -1.89. The minimum atomic E-state index is 0.0515. The van der Waals surface area contributed by atoms with Crippen LogP contribution in [0, 0.1) is 0 Å². The van der Waals surface area contributed by atoms with Crippen molar-refractivity contribution in [1.29, 1.82) is 0 Å². The molecular formula is C14H21Br2NO. The third-order valence-electron chi connectivity index (χ3n) is 2.22. The van der Waals surface area contributed by atoms with E-state index in [1.807, 2.05) is 38.1 Å². The van der Waals surface area contributed by atoms with Gasteiger partial charge in [0.15, 0.2) is 0 Å². The van der Waals surface area contributed by atoms with Crippen LogP contribution in [0.25, 0.3) is 0 Å². The highest BCUT2D eigenvalue weighted by molar-refractivity contribution is 9.09. The summed E-state index contributed by atoms with van der Waals surface area (Å²) in [7, 11) is 0. The number of nitrogens with one attached hydrogen (secondary N) is 1. The molecule has 2 rings (SSSR count). The van der Waals surface area contributed by atoms with E-state index in [1.54, 1.807) is 0 Å². The van der Waals surface area contributed by atoms with Crippen LogP contribution in [-0.2, 0) is 6.54 Å². The third-order valence-corrected chi connectivity index (χ3v) is 3.34. The van der Waals surface area contributed by atoms with Gasteiger partial charge in [-0.2, -0.15) is 0 Å². The number of alkyl halides is 2. The first kappa shape index (κ1) is 17.6. The van der Waals surface area contributed by atoms with Crippen LogP contribution in [0.4, 0.5) is 0 Å². The predicted molar refractivity (Wildman–Crippen MR) is 85.8 cm³/mol. The maximum Gasteiger partial charge on any atom is 0.251 e. The monoisotopic (exact) mass is 377 g/mol. The number of unbranched alkanes of at least 4 members (excludes halogenated alkanes) is 1. The van der Waals surface area contributed by atoms with E-state index in [2.05, 4.69) is 37.2 Å². The molecular weight excluding hydrogens is 358 g/mol. The number of halogens is 2. The van der Waals surface area contributed by atoms with Gasteiger partial charge in [-0.1, -0.05) is 63.9 Å². The van der Waals surface area contributed by atoms with Crippen LogP contribution in [-0.4, -0.2) is 16.6 Å². The highest BCUT2D eigenvalue weighted by atomic mass is 79.9. The van der Waals surface area contributed by atoms with Crippen LogP contribution in [0.1, 0.15) is 42.6 Å². The largest absolute Gasteiger partial charge is 0.348 e. The van der Waals surface area contributed by atoms with E-state index in [0.717, 1.165) is 21.8 Å². The zero-order valence-electron chi connectivity index (χ0n) is 11.0. The Morgan fingerprint density at radius 2 is 1.67 bits per heavy atom. The van der Waals surface area contributed by atoms with Crippen molar-refractivity contribution < 1.29 is 4.79 Å². The molecule has 1 aromatic rings. The highest BCUT2D eigenvalue weighted by Crippen LogP contribution is 2.13. The molecule has 0 saturated heterocycles. The standard InChI is InChI=1S/C8H7NO.C4H8Br2.C2H6/c10-8-7-4-2-1-3-6(7)5-9-8;5-3-1-2-4-6;1-2/h1-4H,5H2,(H,9,10);1-4H2;1-2H3. The van der Waals surface area contributed by atoms with Crippen LogP contribution in [0.2, 0.25) is 0 Å². The van der Waals surface area contributed by atoms with E-state index in [-0.39, 0.29) is 5.91 Å². The lowest BCUT2D eigenvalue weighted by molar-refractivity contribution is 0.0966. The van der Waals surface area contributed by atoms with Gasteiger partial charge in [0.2, 0.25) is 0 Å². The summed E-state index contributed by atoms with van der Waals surface area (Å²) in [6.45, 7) is 4.69. The summed E-state index contributed by atoms with van der Waals surface area (Å²) in [5.41, 5.74) is 1.93. The lowest BCUT2D eigenvalue weighted by atomic mass is 10.1. The molecule has 1 aromatic carbocycles. The normalized spacial score (nSPS) is 11.4. The van der Waals surface area contributed by atoms with Gasteiger partial charge in [0.05, 0.1) is 0 Å². The predicted octanol–water partition coefficient (Wildman–Crippen LogP) is 4.51. The number of fused-ring (bicyclic) bond motifs is 1. The van der Waals surface area contributed by atoms with Gasteiger partial charge in [0, 0.05) is 22.8 Å². The van der Waals surface area contributed by atoms with Gasteiger partial charge in [-0.25, -0.2) is 0 Å². The maximum atomic E-state index is 11.0. The Bertz CT molecular complexity index is 338. The summed E-state index contributed by atoms with van der Waals surface area (Å²) in [4.78, 5) is 11.0. The van der Waals surface area contributed by atoms with Crippen LogP contribution < -0.4 is 5.32 Å². The second-order valence-corrected chi connectivity index (χ2v) is 5.01. The molecule has 1 aliphatic heterocycles. The summed E-state index contributed by atoms with van der Waals surface area (Å²) in [6, 6.07) is 7.63. The van der Waals surface area contributed by atoms with E-state index >= 15 is 0 Å². The van der Waals surface area contributed by atoms with Crippen molar-refractivity contribution in [1.82, 2.24) is 5.32 Å². The second-order valence-electron chi connectivity index (χ2n) is 3.42. The van der Waals surface area contributed by atoms with E-state index in [9.17, 15) is 4.79 Å². The maximum absolute atomic E-state index is 11.0. The summed E-state index contributed by atoms with van der Waals surface area (Å²) in [6.07, 6.45) is 2.57. The van der Waals surface area contributed by atoms with Crippen LogP contribution in [0.5, 0.6) is 0 Å². The van der Waals surface area contributed by atoms with Crippen LogP contribution in [0.15, 0.2) is 24.3 Å². The van der Waals surface area contributed by atoms with Crippen molar-refractivity contribution in [3.8, 4) is 0 Å². The Morgan fingerprint density at radius 1 is 1.11 bits per heavy atom.